The van der Waals surface area contributed by atoms with Gasteiger partial charge >= 0.3 is 6.01 Å². The van der Waals surface area contributed by atoms with Crippen molar-refractivity contribution in [3.05, 3.63) is 33.9 Å². The van der Waals surface area contributed by atoms with E-state index in [9.17, 15) is 4.39 Å². The van der Waals surface area contributed by atoms with E-state index in [0.717, 1.165) is 5.56 Å². The molecule has 1 aromatic carbocycles. The molecule has 1 heterocycles. The largest absolute Gasteiger partial charge is 0.406 e. The summed E-state index contributed by atoms with van der Waals surface area (Å²) >= 11 is 3.14. The zero-order chi connectivity index (χ0) is 14.7. The lowest BCUT2D eigenvalue weighted by Crippen LogP contribution is -2.21. The van der Waals surface area contributed by atoms with Gasteiger partial charge in [0.2, 0.25) is 5.89 Å². The van der Waals surface area contributed by atoms with E-state index in [1.807, 2.05) is 20.8 Å². The number of hydrogen-bond acceptors (Lipinski definition) is 5. The minimum absolute atomic E-state index is 0.246. The molecule has 1 aromatic heterocycles. The van der Waals surface area contributed by atoms with Crippen molar-refractivity contribution in [3.63, 3.8) is 0 Å². The van der Waals surface area contributed by atoms with Crippen LogP contribution in [0.3, 0.4) is 0 Å². The van der Waals surface area contributed by atoms with Crippen molar-refractivity contribution in [3.8, 4) is 0 Å². The number of aryl methyl sites for hydroxylation is 1. The van der Waals surface area contributed by atoms with Gasteiger partial charge < -0.3 is 15.1 Å². The van der Waals surface area contributed by atoms with Crippen molar-refractivity contribution >= 4 is 27.6 Å². The normalized spacial score (nSPS) is 11.1. The molecule has 0 aliphatic rings. The maximum absolute atomic E-state index is 13.5. The topological polar surface area (TPSA) is 63.0 Å². The summed E-state index contributed by atoms with van der Waals surface area (Å²) < 4.78 is 19.4. The van der Waals surface area contributed by atoms with Crippen molar-refractivity contribution in [2.75, 3.05) is 5.32 Å². The van der Waals surface area contributed by atoms with Crippen LogP contribution in [0.1, 0.15) is 25.3 Å². The Balaban J connectivity index is 2.09. The highest BCUT2D eigenvalue weighted by Gasteiger charge is 2.10. The molecule has 0 amide bonds. The Morgan fingerprint density at radius 3 is 2.80 bits per heavy atom. The highest BCUT2D eigenvalue weighted by atomic mass is 79.9. The number of nitrogens with zero attached hydrogens (tertiary/aromatic N) is 2. The molecule has 0 bridgehead atoms. The molecule has 7 heteroatoms. The number of rotatable bonds is 5. The summed E-state index contributed by atoms with van der Waals surface area (Å²) in [5.74, 6) is 0.135. The number of halogens is 2. The predicted octanol–water partition coefficient (Wildman–Crippen LogP) is 3.52. The molecule has 0 saturated carbocycles. The van der Waals surface area contributed by atoms with Crippen LogP contribution in [0.2, 0.25) is 0 Å². The molecule has 20 heavy (non-hydrogen) atoms. The lowest BCUT2D eigenvalue weighted by molar-refractivity contribution is 0.460. The van der Waals surface area contributed by atoms with Crippen LogP contribution < -0.4 is 10.6 Å². The monoisotopic (exact) mass is 342 g/mol. The van der Waals surface area contributed by atoms with Gasteiger partial charge in [-0.25, -0.2) is 4.39 Å². The molecular weight excluding hydrogens is 327 g/mol. The minimum atomic E-state index is -0.348. The molecule has 0 unspecified atom stereocenters. The van der Waals surface area contributed by atoms with E-state index in [0.29, 0.717) is 28.6 Å². The molecule has 0 fully saturated rings. The molecule has 0 radical (unpaired) electrons. The van der Waals surface area contributed by atoms with Gasteiger partial charge in [0.25, 0.3) is 0 Å². The Bertz CT molecular complexity index is 600. The number of benzene rings is 1. The standard InChI is InChI=1S/C13H16BrFN4O/c1-7(2)16-6-12-18-19-13(20-12)17-11-5-10(15)9(14)4-8(11)3/h4-5,7,16H,6H2,1-3H3,(H,17,19). The first kappa shape index (κ1) is 14.9. The van der Waals surface area contributed by atoms with E-state index in [2.05, 4.69) is 36.8 Å². The maximum atomic E-state index is 13.5. The molecule has 2 rings (SSSR count). The summed E-state index contributed by atoms with van der Waals surface area (Å²) in [4.78, 5) is 0. The molecule has 2 N–H and O–H groups in total. The van der Waals surface area contributed by atoms with Gasteiger partial charge in [0, 0.05) is 11.7 Å². The summed E-state index contributed by atoms with van der Waals surface area (Å²) in [7, 11) is 0. The van der Waals surface area contributed by atoms with Gasteiger partial charge in [-0.05, 0) is 40.5 Å². The van der Waals surface area contributed by atoms with Crippen molar-refractivity contribution in [1.82, 2.24) is 15.5 Å². The van der Waals surface area contributed by atoms with Gasteiger partial charge in [-0.1, -0.05) is 18.9 Å². The van der Waals surface area contributed by atoms with E-state index in [1.54, 1.807) is 6.07 Å². The maximum Gasteiger partial charge on any atom is 0.320 e. The van der Waals surface area contributed by atoms with Crippen LogP contribution in [-0.2, 0) is 6.54 Å². The third-order valence-corrected chi connectivity index (χ3v) is 3.24. The Morgan fingerprint density at radius 1 is 1.35 bits per heavy atom. The summed E-state index contributed by atoms with van der Waals surface area (Å²) in [5.41, 5.74) is 1.47. The number of hydrogen-bond donors (Lipinski definition) is 2. The highest BCUT2D eigenvalue weighted by molar-refractivity contribution is 9.10. The molecule has 0 saturated heterocycles. The fraction of sp³-hybridized carbons (Fsp3) is 0.385. The van der Waals surface area contributed by atoms with Crippen LogP contribution in [0.4, 0.5) is 16.1 Å². The predicted molar refractivity (Wildman–Crippen MR) is 78.4 cm³/mol. The zero-order valence-corrected chi connectivity index (χ0v) is 13.1. The Morgan fingerprint density at radius 2 is 2.10 bits per heavy atom. The van der Waals surface area contributed by atoms with Crippen LogP contribution in [-0.4, -0.2) is 16.2 Å². The van der Waals surface area contributed by atoms with Gasteiger partial charge in [-0.3, -0.25) is 0 Å². The molecule has 2 aromatic rings. The van der Waals surface area contributed by atoms with Crippen LogP contribution in [0.5, 0.6) is 0 Å². The van der Waals surface area contributed by atoms with Crippen LogP contribution in [0.25, 0.3) is 0 Å². The van der Waals surface area contributed by atoms with E-state index in [-0.39, 0.29) is 11.8 Å². The first-order valence-corrected chi connectivity index (χ1v) is 7.03. The van der Waals surface area contributed by atoms with Gasteiger partial charge in [-0.15, -0.1) is 5.10 Å². The molecular formula is C13H16BrFN4O. The first-order chi connectivity index (χ1) is 9.45. The molecule has 108 valence electrons. The van der Waals surface area contributed by atoms with Gasteiger partial charge in [0.1, 0.15) is 5.82 Å². The molecule has 5 nitrogen and oxygen atoms in total. The minimum Gasteiger partial charge on any atom is -0.406 e. The van der Waals surface area contributed by atoms with E-state index >= 15 is 0 Å². The molecule has 0 spiro atoms. The number of aromatic nitrogens is 2. The quantitative estimate of drug-likeness (QED) is 0.870. The lowest BCUT2D eigenvalue weighted by atomic mass is 10.2. The molecule has 0 aliphatic carbocycles. The van der Waals surface area contributed by atoms with E-state index in [1.165, 1.54) is 6.07 Å². The Kier molecular flexibility index (Phi) is 4.72. The average molecular weight is 343 g/mol. The zero-order valence-electron chi connectivity index (χ0n) is 11.5. The van der Waals surface area contributed by atoms with Crippen molar-refractivity contribution in [2.24, 2.45) is 0 Å². The van der Waals surface area contributed by atoms with E-state index in [4.69, 9.17) is 4.42 Å². The van der Waals surface area contributed by atoms with Crippen molar-refractivity contribution in [1.29, 1.82) is 0 Å². The lowest BCUT2D eigenvalue weighted by Gasteiger charge is -2.07. The molecule has 0 aliphatic heterocycles. The van der Waals surface area contributed by atoms with Crippen LogP contribution in [0.15, 0.2) is 21.0 Å². The number of nitrogens with one attached hydrogen (secondary N) is 2. The third kappa shape index (κ3) is 3.77. The Hall–Kier alpha value is -1.47. The van der Waals surface area contributed by atoms with Gasteiger partial charge in [0.05, 0.1) is 11.0 Å². The second kappa shape index (κ2) is 6.32. The molecule has 0 atom stereocenters. The number of anilines is 2. The average Bonchev–Trinajstić information content (AvgIpc) is 2.81. The second-order valence-corrected chi connectivity index (χ2v) is 5.60. The summed E-state index contributed by atoms with van der Waals surface area (Å²) in [5, 5.41) is 13.9. The van der Waals surface area contributed by atoms with Crippen molar-refractivity contribution in [2.45, 2.75) is 33.4 Å². The smallest absolute Gasteiger partial charge is 0.320 e. The summed E-state index contributed by atoms with van der Waals surface area (Å²) in [6, 6.07) is 3.65. The highest BCUT2D eigenvalue weighted by Crippen LogP contribution is 2.26. The summed E-state index contributed by atoms with van der Waals surface area (Å²) in [6.45, 7) is 6.43. The first-order valence-electron chi connectivity index (χ1n) is 6.24. The second-order valence-electron chi connectivity index (χ2n) is 4.74. The van der Waals surface area contributed by atoms with Crippen molar-refractivity contribution < 1.29 is 8.81 Å². The van der Waals surface area contributed by atoms with Gasteiger partial charge in [0.15, 0.2) is 0 Å². The fourth-order valence-electron chi connectivity index (χ4n) is 1.56. The Labute approximate surface area is 125 Å². The van der Waals surface area contributed by atoms with Crippen LogP contribution >= 0.6 is 15.9 Å². The van der Waals surface area contributed by atoms with Crippen LogP contribution in [0, 0.1) is 12.7 Å². The SMILES string of the molecule is Cc1cc(Br)c(F)cc1Nc1nnc(CNC(C)C)o1. The summed E-state index contributed by atoms with van der Waals surface area (Å²) in [6.07, 6.45) is 0. The fourth-order valence-corrected chi connectivity index (χ4v) is 2.02. The van der Waals surface area contributed by atoms with Gasteiger partial charge in [-0.2, -0.15) is 0 Å². The van der Waals surface area contributed by atoms with E-state index < -0.39 is 0 Å². The third-order valence-electron chi connectivity index (χ3n) is 2.64.